The SMILES string of the molecule is O=C(Cc1ccccc1)NN=C(CCl)CCl. The molecule has 1 rings (SSSR count). The highest BCUT2D eigenvalue weighted by Crippen LogP contribution is 1.99. The summed E-state index contributed by atoms with van der Waals surface area (Å²) in [7, 11) is 0. The van der Waals surface area contributed by atoms with Crippen LogP contribution < -0.4 is 5.43 Å². The zero-order valence-corrected chi connectivity index (χ0v) is 10.1. The molecule has 0 radical (unpaired) electrons. The van der Waals surface area contributed by atoms with Gasteiger partial charge in [-0.15, -0.1) is 23.2 Å². The lowest BCUT2D eigenvalue weighted by Crippen LogP contribution is -2.22. The van der Waals surface area contributed by atoms with Crippen molar-refractivity contribution in [1.29, 1.82) is 0 Å². The van der Waals surface area contributed by atoms with E-state index in [2.05, 4.69) is 10.5 Å². The van der Waals surface area contributed by atoms with Crippen LogP contribution in [0.1, 0.15) is 5.56 Å². The normalized spacial score (nSPS) is 9.62. The minimum Gasteiger partial charge on any atom is -0.273 e. The first kappa shape index (κ1) is 13.0. The Morgan fingerprint density at radius 2 is 1.81 bits per heavy atom. The molecule has 0 bridgehead atoms. The van der Waals surface area contributed by atoms with Crippen LogP contribution in [0.5, 0.6) is 0 Å². The van der Waals surface area contributed by atoms with Gasteiger partial charge in [0.1, 0.15) is 0 Å². The van der Waals surface area contributed by atoms with E-state index >= 15 is 0 Å². The minimum atomic E-state index is -0.182. The predicted molar refractivity (Wildman–Crippen MR) is 67.2 cm³/mol. The summed E-state index contributed by atoms with van der Waals surface area (Å²) in [6.45, 7) is 0. The fraction of sp³-hybridized carbons (Fsp3) is 0.273. The first-order valence-electron chi connectivity index (χ1n) is 4.76. The first-order valence-corrected chi connectivity index (χ1v) is 5.83. The summed E-state index contributed by atoms with van der Waals surface area (Å²) in [5.74, 6) is 0.253. The summed E-state index contributed by atoms with van der Waals surface area (Å²) in [6.07, 6.45) is 0.294. The second-order valence-corrected chi connectivity index (χ2v) is 3.68. The molecule has 0 fully saturated rings. The zero-order chi connectivity index (χ0) is 11.8. The van der Waals surface area contributed by atoms with Gasteiger partial charge in [0.25, 0.3) is 0 Å². The van der Waals surface area contributed by atoms with Crippen LogP contribution in [0, 0.1) is 0 Å². The molecule has 0 heterocycles. The predicted octanol–water partition coefficient (Wildman–Crippen LogP) is 2.18. The molecule has 0 spiro atoms. The molecule has 0 atom stereocenters. The van der Waals surface area contributed by atoms with E-state index < -0.39 is 0 Å². The molecule has 3 nitrogen and oxygen atoms in total. The van der Waals surface area contributed by atoms with Gasteiger partial charge < -0.3 is 0 Å². The number of alkyl halides is 2. The second-order valence-electron chi connectivity index (χ2n) is 3.14. The van der Waals surface area contributed by atoms with E-state index in [4.69, 9.17) is 23.2 Å². The van der Waals surface area contributed by atoms with Gasteiger partial charge in [-0.2, -0.15) is 5.10 Å². The summed E-state index contributed by atoms with van der Waals surface area (Å²) >= 11 is 11.1. The lowest BCUT2D eigenvalue weighted by molar-refractivity contribution is -0.120. The molecular formula is C11H12Cl2N2O. The summed E-state index contributed by atoms with van der Waals surface area (Å²) in [5, 5.41) is 3.81. The Morgan fingerprint density at radius 3 is 2.38 bits per heavy atom. The average molecular weight is 259 g/mol. The van der Waals surface area contributed by atoms with Crippen molar-refractivity contribution in [3.63, 3.8) is 0 Å². The molecule has 0 aliphatic heterocycles. The van der Waals surface area contributed by atoms with Gasteiger partial charge in [-0.05, 0) is 5.56 Å². The Labute approximate surface area is 104 Å². The average Bonchev–Trinajstić information content (AvgIpc) is 2.31. The maximum Gasteiger partial charge on any atom is 0.244 e. The van der Waals surface area contributed by atoms with Crippen LogP contribution in [0.2, 0.25) is 0 Å². The molecule has 1 aromatic carbocycles. The third-order valence-corrected chi connectivity index (χ3v) is 2.47. The van der Waals surface area contributed by atoms with E-state index in [9.17, 15) is 4.79 Å². The van der Waals surface area contributed by atoms with Gasteiger partial charge in [-0.1, -0.05) is 30.3 Å². The summed E-state index contributed by atoms with van der Waals surface area (Å²) < 4.78 is 0. The second kappa shape index (κ2) is 7.25. The number of benzene rings is 1. The first-order chi connectivity index (χ1) is 7.76. The molecule has 0 aliphatic carbocycles. The highest BCUT2D eigenvalue weighted by atomic mass is 35.5. The van der Waals surface area contributed by atoms with Crippen molar-refractivity contribution >= 4 is 34.8 Å². The molecule has 0 aliphatic rings. The quantitative estimate of drug-likeness (QED) is 0.491. The number of nitrogens with zero attached hydrogens (tertiary/aromatic N) is 1. The topological polar surface area (TPSA) is 41.5 Å². The van der Waals surface area contributed by atoms with Gasteiger partial charge in [0, 0.05) is 0 Å². The zero-order valence-electron chi connectivity index (χ0n) is 8.62. The number of hydrazone groups is 1. The molecule has 1 aromatic rings. The van der Waals surface area contributed by atoms with Crippen LogP contribution >= 0.6 is 23.2 Å². The minimum absolute atomic E-state index is 0.182. The van der Waals surface area contributed by atoms with Crippen LogP contribution in [0.3, 0.4) is 0 Å². The van der Waals surface area contributed by atoms with E-state index in [0.717, 1.165) is 5.56 Å². The van der Waals surface area contributed by atoms with E-state index in [1.807, 2.05) is 30.3 Å². The number of amides is 1. The highest BCUT2D eigenvalue weighted by molar-refractivity contribution is 6.37. The van der Waals surface area contributed by atoms with Gasteiger partial charge in [-0.3, -0.25) is 4.79 Å². The molecule has 1 amide bonds. The maximum atomic E-state index is 11.4. The lowest BCUT2D eigenvalue weighted by Gasteiger charge is -2.01. The summed E-state index contributed by atoms with van der Waals surface area (Å²) in [5.41, 5.74) is 3.90. The Bertz CT molecular complexity index is 360. The number of halogens is 2. The van der Waals surface area contributed by atoms with Gasteiger partial charge >= 0.3 is 0 Å². The van der Waals surface area contributed by atoms with Crippen molar-refractivity contribution < 1.29 is 4.79 Å². The van der Waals surface area contributed by atoms with Crippen molar-refractivity contribution in [2.24, 2.45) is 5.10 Å². The monoisotopic (exact) mass is 258 g/mol. The van der Waals surface area contributed by atoms with E-state index in [1.54, 1.807) is 0 Å². The lowest BCUT2D eigenvalue weighted by atomic mass is 10.1. The van der Waals surface area contributed by atoms with Gasteiger partial charge in [0.15, 0.2) is 0 Å². The van der Waals surface area contributed by atoms with E-state index in [1.165, 1.54) is 0 Å². The molecule has 0 saturated carbocycles. The van der Waals surface area contributed by atoms with Gasteiger partial charge in [0.05, 0.1) is 23.9 Å². The molecule has 0 unspecified atom stereocenters. The molecule has 0 aromatic heterocycles. The Morgan fingerprint density at radius 1 is 1.19 bits per heavy atom. The molecule has 86 valence electrons. The number of carbonyl (C=O) groups is 1. The number of carbonyl (C=O) groups excluding carboxylic acids is 1. The summed E-state index contributed by atoms with van der Waals surface area (Å²) in [4.78, 5) is 11.4. The number of hydrogen-bond donors (Lipinski definition) is 1. The molecule has 0 saturated heterocycles. The van der Waals surface area contributed by atoms with E-state index in [0.29, 0.717) is 12.1 Å². The largest absolute Gasteiger partial charge is 0.273 e. The van der Waals surface area contributed by atoms with E-state index in [-0.39, 0.29) is 17.7 Å². The van der Waals surface area contributed by atoms with Crippen molar-refractivity contribution in [1.82, 2.24) is 5.43 Å². The maximum absolute atomic E-state index is 11.4. The molecule has 5 heteroatoms. The number of nitrogens with one attached hydrogen (secondary N) is 1. The highest BCUT2D eigenvalue weighted by Gasteiger charge is 2.02. The van der Waals surface area contributed by atoms with Crippen molar-refractivity contribution in [3.05, 3.63) is 35.9 Å². The van der Waals surface area contributed by atoms with Crippen molar-refractivity contribution in [3.8, 4) is 0 Å². The molecular weight excluding hydrogens is 247 g/mol. The third-order valence-electron chi connectivity index (χ3n) is 1.85. The smallest absolute Gasteiger partial charge is 0.244 e. The van der Waals surface area contributed by atoms with Gasteiger partial charge in [-0.25, -0.2) is 5.43 Å². The number of rotatable bonds is 5. The molecule has 1 N–H and O–H groups in total. The third kappa shape index (κ3) is 4.64. The molecule has 16 heavy (non-hydrogen) atoms. The summed E-state index contributed by atoms with van der Waals surface area (Å²) in [6, 6.07) is 9.43. The van der Waals surface area contributed by atoms with Gasteiger partial charge in [0.2, 0.25) is 5.91 Å². The Kier molecular flexibility index (Phi) is 5.90. The number of hydrogen-bond acceptors (Lipinski definition) is 2. The Balaban J connectivity index is 2.45. The van der Waals surface area contributed by atoms with Crippen LogP contribution in [-0.2, 0) is 11.2 Å². The standard InChI is InChI=1S/C11H12Cl2N2O/c12-7-10(8-13)14-15-11(16)6-9-4-2-1-3-5-9/h1-5H,6-8H2,(H,15,16). The fourth-order valence-electron chi connectivity index (χ4n) is 1.06. The van der Waals surface area contributed by atoms with Crippen LogP contribution in [0.15, 0.2) is 35.4 Å². The van der Waals surface area contributed by atoms with Crippen molar-refractivity contribution in [2.75, 3.05) is 11.8 Å². The Hall–Kier alpha value is -1.06. The fourth-order valence-corrected chi connectivity index (χ4v) is 1.46. The van der Waals surface area contributed by atoms with Crippen LogP contribution in [0.25, 0.3) is 0 Å². The van der Waals surface area contributed by atoms with Crippen molar-refractivity contribution in [2.45, 2.75) is 6.42 Å². The van der Waals surface area contributed by atoms with Crippen LogP contribution in [0.4, 0.5) is 0 Å². The van der Waals surface area contributed by atoms with Crippen LogP contribution in [-0.4, -0.2) is 23.4 Å².